The molecule has 0 aromatic heterocycles. The van der Waals surface area contributed by atoms with Gasteiger partial charge in [0.05, 0.1) is 25.1 Å². The predicted octanol–water partition coefficient (Wildman–Crippen LogP) is 2.19. The highest BCUT2D eigenvalue weighted by Crippen LogP contribution is 2.40. The molecular formula is C25H25N3O8S. The highest BCUT2D eigenvalue weighted by Gasteiger charge is 2.54. The lowest BCUT2D eigenvalue weighted by atomic mass is 10.0. The molecule has 2 heterocycles. The van der Waals surface area contributed by atoms with Gasteiger partial charge in [-0.1, -0.05) is 12.1 Å². The molecule has 194 valence electrons. The van der Waals surface area contributed by atoms with E-state index in [-0.39, 0.29) is 36.9 Å². The highest BCUT2D eigenvalue weighted by molar-refractivity contribution is 8.00. The zero-order valence-electron chi connectivity index (χ0n) is 20.2. The van der Waals surface area contributed by atoms with Crippen LogP contribution in [0.5, 0.6) is 5.75 Å². The summed E-state index contributed by atoms with van der Waals surface area (Å²) < 4.78 is 15.8. The Hall–Kier alpha value is -3.90. The van der Waals surface area contributed by atoms with E-state index in [2.05, 4.69) is 5.32 Å². The maximum Gasteiger partial charge on any atom is 0.355 e. The Balaban J connectivity index is 1.41. The summed E-state index contributed by atoms with van der Waals surface area (Å²) in [7, 11) is 3.05. The minimum Gasteiger partial charge on any atom is -0.497 e. The van der Waals surface area contributed by atoms with Crippen molar-refractivity contribution in [2.45, 2.75) is 24.4 Å². The minimum absolute atomic E-state index is 0.0708. The molecule has 12 heteroatoms. The van der Waals surface area contributed by atoms with Gasteiger partial charge in [-0.3, -0.25) is 24.6 Å². The molecule has 0 spiro atoms. The fourth-order valence-corrected chi connectivity index (χ4v) is 5.37. The van der Waals surface area contributed by atoms with E-state index in [1.807, 2.05) is 0 Å². The molecule has 0 unspecified atom stereocenters. The number of nitrogens with one attached hydrogen (secondary N) is 1. The summed E-state index contributed by atoms with van der Waals surface area (Å²) in [6.07, 6.45) is 0.0973. The van der Waals surface area contributed by atoms with E-state index in [4.69, 9.17) is 14.2 Å². The van der Waals surface area contributed by atoms with Crippen LogP contribution in [0.15, 0.2) is 59.8 Å². The van der Waals surface area contributed by atoms with Crippen molar-refractivity contribution in [1.29, 1.82) is 0 Å². The summed E-state index contributed by atoms with van der Waals surface area (Å²) >= 11 is 1.43. The number of esters is 1. The second-order valence-electron chi connectivity index (χ2n) is 8.36. The van der Waals surface area contributed by atoms with Crippen LogP contribution in [0, 0.1) is 10.1 Å². The lowest BCUT2D eigenvalue weighted by molar-refractivity contribution is -0.384. The van der Waals surface area contributed by atoms with Crippen molar-refractivity contribution in [1.82, 2.24) is 10.2 Å². The molecule has 11 nitrogen and oxygen atoms in total. The number of rotatable bonds is 10. The van der Waals surface area contributed by atoms with Crippen molar-refractivity contribution in [2.75, 3.05) is 26.6 Å². The topological polar surface area (TPSA) is 137 Å². The van der Waals surface area contributed by atoms with Crippen LogP contribution in [0.4, 0.5) is 5.69 Å². The molecule has 1 N–H and O–H groups in total. The quantitative estimate of drug-likeness (QED) is 0.213. The van der Waals surface area contributed by atoms with Crippen molar-refractivity contribution in [3.63, 3.8) is 0 Å². The first-order valence-corrected chi connectivity index (χ1v) is 12.4. The van der Waals surface area contributed by atoms with Crippen molar-refractivity contribution in [2.24, 2.45) is 0 Å². The van der Waals surface area contributed by atoms with Gasteiger partial charge in [0.2, 0.25) is 5.91 Å². The van der Waals surface area contributed by atoms with E-state index in [9.17, 15) is 24.5 Å². The lowest BCUT2D eigenvalue weighted by Gasteiger charge is -2.49. The molecule has 0 radical (unpaired) electrons. The van der Waals surface area contributed by atoms with Gasteiger partial charge in [0.1, 0.15) is 29.5 Å². The van der Waals surface area contributed by atoms with Crippen LogP contribution in [-0.2, 0) is 36.9 Å². The second-order valence-corrected chi connectivity index (χ2v) is 9.47. The number of fused-ring (bicyclic) bond motifs is 1. The average molecular weight is 528 g/mol. The SMILES string of the molecule is COCC1=C(C(=O)OCc2ccc([N+](=O)[O-])cc2)N2C(=O)[C@H](NC(=O)Cc3ccc(OC)cc3)[C@H]2SC1. The molecule has 0 saturated carbocycles. The molecule has 0 aliphatic carbocycles. The zero-order chi connectivity index (χ0) is 26.5. The van der Waals surface area contributed by atoms with Gasteiger partial charge in [-0.2, -0.15) is 0 Å². The molecule has 2 atom stereocenters. The second kappa shape index (κ2) is 11.4. The number of nitrogens with zero attached hydrogens (tertiary/aromatic N) is 2. The number of thioether (sulfide) groups is 1. The number of nitro benzene ring substituents is 1. The van der Waals surface area contributed by atoms with Gasteiger partial charge >= 0.3 is 5.97 Å². The fourth-order valence-electron chi connectivity index (χ4n) is 4.04. The van der Waals surface area contributed by atoms with E-state index < -0.39 is 28.2 Å². The summed E-state index contributed by atoms with van der Waals surface area (Å²) in [5, 5.41) is 13.2. The lowest BCUT2D eigenvalue weighted by Crippen LogP contribution is -2.70. The molecule has 2 aliphatic heterocycles. The number of non-ortho nitro benzene ring substituents is 1. The van der Waals surface area contributed by atoms with Crippen LogP contribution in [0.1, 0.15) is 11.1 Å². The number of ether oxygens (including phenoxy) is 3. The number of carbonyl (C=O) groups excluding carboxylic acids is 3. The monoisotopic (exact) mass is 527 g/mol. The number of hydrogen-bond acceptors (Lipinski definition) is 9. The summed E-state index contributed by atoms with van der Waals surface area (Å²) in [5.41, 5.74) is 1.98. The summed E-state index contributed by atoms with van der Waals surface area (Å²) in [6.45, 7) is 0.0163. The first kappa shape index (κ1) is 26.2. The van der Waals surface area contributed by atoms with Crippen LogP contribution in [0.2, 0.25) is 0 Å². The maximum absolute atomic E-state index is 13.0. The van der Waals surface area contributed by atoms with E-state index in [1.54, 1.807) is 31.4 Å². The maximum atomic E-state index is 13.0. The fraction of sp³-hybridized carbons (Fsp3) is 0.320. The number of nitro groups is 1. The van der Waals surface area contributed by atoms with Gasteiger partial charge in [-0.05, 0) is 41.0 Å². The molecule has 1 saturated heterocycles. The van der Waals surface area contributed by atoms with E-state index in [0.29, 0.717) is 22.6 Å². The van der Waals surface area contributed by atoms with E-state index in [0.717, 1.165) is 5.56 Å². The third-order valence-electron chi connectivity index (χ3n) is 5.92. The van der Waals surface area contributed by atoms with Crippen LogP contribution in [0.3, 0.4) is 0 Å². The largest absolute Gasteiger partial charge is 0.497 e. The summed E-state index contributed by atoms with van der Waals surface area (Å²) in [5.74, 6) is -0.310. The molecule has 2 amide bonds. The number of carbonyl (C=O) groups is 3. The van der Waals surface area contributed by atoms with Crippen LogP contribution < -0.4 is 10.1 Å². The third-order valence-corrected chi connectivity index (χ3v) is 7.26. The highest BCUT2D eigenvalue weighted by atomic mass is 32.2. The number of methoxy groups -OCH3 is 2. The Kier molecular flexibility index (Phi) is 8.09. The Morgan fingerprint density at radius 1 is 1.08 bits per heavy atom. The molecular weight excluding hydrogens is 502 g/mol. The van der Waals surface area contributed by atoms with Gasteiger partial charge in [-0.15, -0.1) is 11.8 Å². The molecule has 1 fully saturated rings. The van der Waals surface area contributed by atoms with Crippen LogP contribution >= 0.6 is 11.8 Å². The van der Waals surface area contributed by atoms with Crippen LogP contribution in [-0.4, -0.2) is 65.6 Å². The third kappa shape index (κ3) is 5.75. The molecule has 2 aromatic carbocycles. The Labute approximate surface area is 216 Å². The van der Waals surface area contributed by atoms with Crippen molar-refractivity contribution in [3.05, 3.63) is 81.0 Å². The predicted molar refractivity (Wildman–Crippen MR) is 134 cm³/mol. The van der Waals surface area contributed by atoms with E-state index in [1.165, 1.54) is 48.0 Å². The van der Waals surface area contributed by atoms with Gasteiger partial charge < -0.3 is 19.5 Å². The van der Waals surface area contributed by atoms with Gasteiger partial charge in [0, 0.05) is 25.0 Å². The first-order valence-electron chi connectivity index (χ1n) is 11.3. The smallest absolute Gasteiger partial charge is 0.355 e. The minimum atomic E-state index is -0.766. The first-order chi connectivity index (χ1) is 17.8. The van der Waals surface area contributed by atoms with Crippen molar-refractivity contribution >= 4 is 35.2 Å². The molecule has 4 rings (SSSR count). The van der Waals surface area contributed by atoms with Gasteiger partial charge in [0.25, 0.3) is 11.6 Å². The van der Waals surface area contributed by atoms with Crippen molar-refractivity contribution < 1.29 is 33.5 Å². The van der Waals surface area contributed by atoms with Crippen molar-refractivity contribution in [3.8, 4) is 5.75 Å². The normalized spacial score (nSPS) is 18.5. The van der Waals surface area contributed by atoms with E-state index >= 15 is 0 Å². The standard InChI is InChI=1S/C25H25N3O8S/c1-34-13-17-14-37-24-21(26-20(29)11-15-5-9-19(35-2)10-6-15)23(30)27(24)22(17)25(31)36-12-16-3-7-18(8-4-16)28(32)33/h3-10,21,24H,11-14H2,1-2H3,(H,26,29)/t21-,24+/m0/s1. The number of hydrogen-bond donors (Lipinski definition) is 1. The number of β-lactam (4-membered cyclic amide) rings is 1. The zero-order valence-corrected chi connectivity index (χ0v) is 21.0. The molecule has 0 bridgehead atoms. The molecule has 2 aromatic rings. The molecule has 37 heavy (non-hydrogen) atoms. The number of benzene rings is 2. The Bertz CT molecular complexity index is 1230. The summed E-state index contributed by atoms with van der Waals surface area (Å²) in [6, 6.07) is 11.9. The van der Waals surface area contributed by atoms with Gasteiger partial charge in [-0.25, -0.2) is 4.79 Å². The average Bonchev–Trinajstić information content (AvgIpc) is 2.91. The molecule has 2 aliphatic rings. The summed E-state index contributed by atoms with van der Waals surface area (Å²) in [4.78, 5) is 50.4. The Morgan fingerprint density at radius 2 is 1.76 bits per heavy atom. The Morgan fingerprint density at radius 3 is 2.38 bits per heavy atom. The number of amides is 2. The van der Waals surface area contributed by atoms with Gasteiger partial charge in [0.15, 0.2) is 0 Å². The van der Waals surface area contributed by atoms with Crippen LogP contribution in [0.25, 0.3) is 0 Å².